The Hall–Kier alpha value is -0.610. The summed E-state index contributed by atoms with van der Waals surface area (Å²) in [6.45, 7) is 8.38. The second-order valence-electron chi connectivity index (χ2n) is 5.22. The van der Waals surface area contributed by atoms with Crippen molar-refractivity contribution in [2.75, 3.05) is 19.6 Å². The van der Waals surface area contributed by atoms with Crippen molar-refractivity contribution < 1.29 is 4.79 Å². The Morgan fingerprint density at radius 3 is 2.73 bits per heavy atom. The largest absolute Gasteiger partial charge is 0.350 e. The van der Waals surface area contributed by atoms with Crippen molar-refractivity contribution in [3.63, 3.8) is 0 Å². The molecule has 0 spiro atoms. The highest BCUT2D eigenvalue weighted by Gasteiger charge is 2.15. The number of hydrogen-bond acceptors (Lipinski definition) is 3. The summed E-state index contributed by atoms with van der Waals surface area (Å²) in [4.78, 5) is 11.4. The van der Waals surface area contributed by atoms with Crippen LogP contribution in [0.15, 0.2) is 0 Å². The third-order valence-corrected chi connectivity index (χ3v) is 2.35. The lowest BCUT2D eigenvalue weighted by Gasteiger charge is -2.21. The summed E-state index contributed by atoms with van der Waals surface area (Å²) in [6.07, 6.45) is 2.47. The Kier molecular flexibility index (Phi) is 4.54. The lowest BCUT2D eigenvalue weighted by Crippen LogP contribution is -2.46. The molecule has 1 atom stereocenters. The van der Waals surface area contributed by atoms with E-state index in [0.717, 1.165) is 13.1 Å². The Bertz CT molecular complexity index is 204. The maximum Gasteiger partial charge on any atom is 0.234 e. The standard InChI is InChI=1S/C11H23N3O/c1-11(2,3)14-10(15)8-12-7-9-5-4-6-13-9/h9,12-13H,4-8H2,1-3H3,(H,14,15). The fourth-order valence-electron chi connectivity index (χ4n) is 1.75. The van der Waals surface area contributed by atoms with Crippen molar-refractivity contribution in [1.82, 2.24) is 16.0 Å². The van der Waals surface area contributed by atoms with Gasteiger partial charge in [-0.3, -0.25) is 4.79 Å². The van der Waals surface area contributed by atoms with Gasteiger partial charge in [0.25, 0.3) is 0 Å². The van der Waals surface area contributed by atoms with Crippen LogP contribution in [0.5, 0.6) is 0 Å². The predicted octanol–water partition coefficient (Wildman–Crippen LogP) is 0.243. The smallest absolute Gasteiger partial charge is 0.234 e. The number of rotatable bonds is 4. The molecule has 3 N–H and O–H groups in total. The molecule has 0 bridgehead atoms. The van der Waals surface area contributed by atoms with E-state index >= 15 is 0 Å². The van der Waals surface area contributed by atoms with Crippen molar-refractivity contribution in [2.24, 2.45) is 0 Å². The van der Waals surface area contributed by atoms with Gasteiger partial charge in [-0.2, -0.15) is 0 Å². The second kappa shape index (κ2) is 5.47. The van der Waals surface area contributed by atoms with Crippen molar-refractivity contribution in [3.05, 3.63) is 0 Å². The van der Waals surface area contributed by atoms with Crippen LogP contribution >= 0.6 is 0 Å². The van der Waals surface area contributed by atoms with E-state index in [1.165, 1.54) is 12.8 Å². The maximum absolute atomic E-state index is 11.4. The van der Waals surface area contributed by atoms with Crippen LogP contribution in [0.1, 0.15) is 33.6 Å². The van der Waals surface area contributed by atoms with Crippen molar-refractivity contribution in [1.29, 1.82) is 0 Å². The van der Waals surface area contributed by atoms with Crippen LogP contribution in [0.25, 0.3) is 0 Å². The summed E-state index contributed by atoms with van der Waals surface area (Å²) in [5.41, 5.74) is -0.135. The first-order chi connectivity index (χ1) is 6.97. The molecule has 15 heavy (non-hydrogen) atoms. The van der Waals surface area contributed by atoms with E-state index in [2.05, 4.69) is 16.0 Å². The molecule has 0 aromatic rings. The molecule has 0 radical (unpaired) electrons. The van der Waals surface area contributed by atoms with E-state index in [9.17, 15) is 4.79 Å². The maximum atomic E-state index is 11.4. The molecule has 0 aromatic heterocycles. The van der Waals surface area contributed by atoms with Crippen molar-refractivity contribution in [3.8, 4) is 0 Å². The second-order valence-corrected chi connectivity index (χ2v) is 5.22. The van der Waals surface area contributed by atoms with Gasteiger partial charge in [-0.05, 0) is 40.2 Å². The minimum Gasteiger partial charge on any atom is -0.350 e. The van der Waals surface area contributed by atoms with Gasteiger partial charge in [0, 0.05) is 18.1 Å². The van der Waals surface area contributed by atoms with Crippen LogP contribution in [-0.4, -0.2) is 37.1 Å². The molecule has 4 heteroatoms. The molecule has 88 valence electrons. The number of nitrogens with one attached hydrogen (secondary N) is 3. The highest BCUT2D eigenvalue weighted by molar-refractivity contribution is 5.78. The van der Waals surface area contributed by atoms with Crippen LogP contribution in [-0.2, 0) is 4.79 Å². The molecule has 1 heterocycles. The Balaban J connectivity index is 2.06. The van der Waals surface area contributed by atoms with Crippen LogP contribution in [0, 0.1) is 0 Å². The summed E-state index contributed by atoms with van der Waals surface area (Å²) in [5.74, 6) is 0.0699. The summed E-state index contributed by atoms with van der Waals surface area (Å²) < 4.78 is 0. The molecule has 1 saturated heterocycles. The van der Waals surface area contributed by atoms with Crippen molar-refractivity contribution >= 4 is 5.91 Å². The fourth-order valence-corrected chi connectivity index (χ4v) is 1.75. The normalized spacial score (nSPS) is 21.7. The lowest BCUT2D eigenvalue weighted by atomic mass is 10.1. The van der Waals surface area contributed by atoms with Gasteiger partial charge in [0.2, 0.25) is 5.91 Å². The summed E-state index contributed by atoms with van der Waals surface area (Å²) in [5, 5.41) is 9.48. The molecule has 1 fully saturated rings. The number of amides is 1. The zero-order chi connectivity index (χ0) is 11.3. The highest BCUT2D eigenvalue weighted by atomic mass is 16.2. The molecule has 1 rings (SSSR count). The Morgan fingerprint density at radius 2 is 2.20 bits per heavy atom. The van der Waals surface area contributed by atoms with E-state index < -0.39 is 0 Å². The quantitative estimate of drug-likeness (QED) is 0.627. The highest BCUT2D eigenvalue weighted by Crippen LogP contribution is 2.02. The third-order valence-electron chi connectivity index (χ3n) is 2.35. The van der Waals surface area contributed by atoms with E-state index in [-0.39, 0.29) is 11.4 Å². The monoisotopic (exact) mass is 213 g/mol. The summed E-state index contributed by atoms with van der Waals surface area (Å²) in [7, 11) is 0. The van der Waals surface area contributed by atoms with Gasteiger partial charge in [-0.25, -0.2) is 0 Å². The Labute approximate surface area is 92.2 Å². The lowest BCUT2D eigenvalue weighted by molar-refractivity contribution is -0.121. The van der Waals surface area contributed by atoms with Gasteiger partial charge < -0.3 is 16.0 Å². The van der Waals surface area contributed by atoms with Crippen molar-refractivity contribution in [2.45, 2.75) is 45.2 Å². The molecule has 0 aromatic carbocycles. The third kappa shape index (κ3) is 5.74. The van der Waals surface area contributed by atoms with Crippen LogP contribution in [0.2, 0.25) is 0 Å². The number of carbonyl (C=O) groups excluding carboxylic acids is 1. The molecule has 1 unspecified atom stereocenters. The fraction of sp³-hybridized carbons (Fsp3) is 0.909. The zero-order valence-electron chi connectivity index (χ0n) is 10.0. The van der Waals surface area contributed by atoms with Gasteiger partial charge in [0.15, 0.2) is 0 Å². The molecule has 4 nitrogen and oxygen atoms in total. The molecule has 1 amide bonds. The van der Waals surface area contributed by atoms with Gasteiger partial charge in [-0.15, -0.1) is 0 Å². The molecule has 0 aliphatic carbocycles. The van der Waals surface area contributed by atoms with Gasteiger partial charge >= 0.3 is 0 Å². The van der Waals surface area contributed by atoms with E-state index in [1.807, 2.05) is 20.8 Å². The van der Waals surface area contributed by atoms with E-state index in [0.29, 0.717) is 12.6 Å². The zero-order valence-corrected chi connectivity index (χ0v) is 10.0. The first-order valence-electron chi connectivity index (χ1n) is 5.72. The average Bonchev–Trinajstić information content (AvgIpc) is 2.53. The average molecular weight is 213 g/mol. The van der Waals surface area contributed by atoms with E-state index in [1.54, 1.807) is 0 Å². The summed E-state index contributed by atoms with van der Waals surface area (Å²) >= 11 is 0. The van der Waals surface area contributed by atoms with Crippen LogP contribution < -0.4 is 16.0 Å². The first kappa shape index (κ1) is 12.5. The molecule has 1 aliphatic heterocycles. The molecule has 1 aliphatic rings. The molecular formula is C11H23N3O. The van der Waals surface area contributed by atoms with Crippen LogP contribution in [0.3, 0.4) is 0 Å². The Morgan fingerprint density at radius 1 is 1.47 bits per heavy atom. The van der Waals surface area contributed by atoms with E-state index in [4.69, 9.17) is 0 Å². The molecular weight excluding hydrogens is 190 g/mol. The van der Waals surface area contributed by atoms with Gasteiger partial charge in [0.05, 0.1) is 6.54 Å². The van der Waals surface area contributed by atoms with Gasteiger partial charge in [0.1, 0.15) is 0 Å². The number of hydrogen-bond donors (Lipinski definition) is 3. The summed E-state index contributed by atoms with van der Waals surface area (Å²) in [6, 6.07) is 0.549. The van der Waals surface area contributed by atoms with Gasteiger partial charge in [-0.1, -0.05) is 0 Å². The minimum absolute atomic E-state index is 0.0699. The predicted molar refractivity (Wildman–Crippen MR) is 61.8 cm³/mol. The molecule has 0 saturated carbocycles. The topological polar surface area (TPSA) is 53.2 Å². The SMILES string of the molecule is CC(C)(C)NC(=O)CNCC1CCCN1. The minimum atomic E-state index is -0.135. The number of carbonyl (C=O) groups is 1. The first-order valence-corrected chi connectivity index (χ1v) is 5.72. The van der Waals surface area contributed by atoms with Crippen LogP contribution in [0.4, 0.5) is 0 Å².